The minimum atomic E-state index is -0.286. The summed E-state index contributed by atoms with van der Waals surface area (Å²) in [5, 5.41) is 0. The molecule has 0 aliphatic rings. The molecule has 0 fully saturated rings. The molecule has 110 valence electrons. The summed E-state index contributed by atoms with van der Waals surface area (Å²) >= 11 is 0. The molecule has 0 radical (unpaired) electrons. The summed E-state index contributed by atoms with van der Waals surface area (Å²) < 4.78 is 10.1. The van der Waals surface area contributed by atoms with Gasteiger partial charge in [0.25, 0.3) is 0 Å². The molecule has 2 rings (SSSR count). The van der Waals surface area contributed by atoms with Crippen LogP contribution in [0.3, 0.4) is 0 Å². The maximum atomic E-state index is 11.4. The third-order valence-electron chi connectivity index (χ3n) is 3.21. The van der Waals surface area contributed by atoms with Crippen LogP contribution in [0.25, 0.3) is 11.3 Å². The summed E-state index contributed by atoms with van der Waals surface area (Å²) in [6.45, 7) is 0.382. The highest BCUT2D eigenvalue weighted by atomic mass is 16.5. The molecule has 0 bridgehead atoms. The Bertz CT molecular complexity index is 641. The van der Waals surface area contributed by atoms with Gasteiger partial charge in [-0.15, -0.1) is 0 Å². The molecule has 21 heavy (non-hydrogen) atoms. The lowest BCUT2D eigenvalue weighted by Gasteiger charge is -2.12. The van der Waals surface area contributed by atoms with Crippen LogP contribution in [-0.2, 0) is 22.5 Å². The average Bonchev–Trinajstić information content (AvgIpc) is 2.54. The largest absolute Gasteiger partial charge is 0.496 e. The standard InChI is InChI=1S/C16H18N2O3/c1-20-14-6-5-11(9-15(19)21-2)8-13(14)16-12(10-17)4-3-7-18-16/h3-8H,9-10,17H2,1-2H3. The van der Waals surface area contributed by atoms with E-state index in [0.29, 0.717) is 12.3 Å². The van der Waals surface area contributed by atoms with Crippen molar-refractivity contribution in [3.8, 4) is 17.0 Å². The average molecular weight is 286 g/mol. The Labute approximate surface area is 123 Å². The minimum absolute atomic E-state index is 0.207. The van der Waals surface area contributed by atoms with E-state index in [4.69, 9.17) is 15.2 Å². The van der Waals surface area contributed by atoms with Crippen molar-refractivity contribution >= 4 is 5.97 Å². The fraction of sp³-hybridized carbons (Fsp3) is 0.250. The number of methoxy groups -OCH3 is 2. The Morgan fingerprint density at radius 3 is 2.76 bits per heavy atom. The smallest absolute Gasteiger partial charge is 0.309 e. The Morgan fingerprint density at radius 1 is 1.29 bits per heavy atom. The molecule has 1 aromatic heterocycles. The molecular weight excluding hydrogens is 268 g/mol. The van der Waals surface area contributed by atoms with Gasteiger partial charge in [-0.05, 0) is 29.3 Å². The van der Waals surface area contributed by atoms with E-state index < -0.39 is 0 Å². The number of aromatic nitrogens is 1. The van der Waals surface area contributed by atoms with Gasteiger partial charge in [0, 0.05) is 18.3 Å². The first-order chi connectivity index (χ1) is 10.2. The number of carbonyl (C=O) groups excluding carboxylic acids is 1. The highest BCUT2D eigenvalue weighted by Gasteiger charge is 2.13. The van der Waals surface area contributed by atoms with Crippen LogP contribution in [0.1, 0.15) is 11.1 Å². The van der Waals surface area contributed by atoms with Crippen molar-refractivity contribution < 1.29 is 14.3 Å². The van der Waals surface area contributed by atoms with E-state index in [1.165, 1.54) is 7.11 Å². The van der Waals surface area contributed by atoms with Crippen molar-refractivity contribution in [2.75, 3.05) is 14.2 Å². The number of carbonyl (C=O) groups is 1. The maximum absolute atomic E-state index is 11.4. The molecule has 1 aromatic carbocycles. The van der Waals surface area contributed by atoms with E-state index in [1.54, 1.807) is 13.3 Å². The van der Waals surface area contributed by atoms with Crippen molar-refractivity contribution in [2.45, 2.75) is 13.0 Å². The van der Waals surface area contributed by atoms with E-state index in [9.17, 15) is 4.79 Å². The number of esters is 1. The number of pyridine rings is 1. The third kappa shape index (κ3) is 3.38. The second kappa shape index (κ2) is 6.85. The van der Waals surface area contributed by atoms with Gasteiger partial charge >= 0.3 is 5.97 Å². The number of benzene rings is 1. The lowest BCUT2D eigenvalue weighted by atomic mass is 10.0. The summed E-state index contributed by atoms with van der Waals surface area (Å²) in [7, 11) is 2.97. The molecule has 0 aliphatic carbocycles. The van der Waals surface area contributed by atoms with Gasteiger partial charge < -0.3 is 15.2 Å². The molecule has 0 saturated heterocycles. The lowest BCUT2D eigenvalue weighted by Crippen LogP contribution is -2.05. The van der Waals surface area contributed by atoms with Gasteiger partial charge in [-0.2, -0.15) is 0 Å². The summed E-state index contributed by atoms with van der Waals surface area (Å²) in [5.41, 5.74) is 9.11. The zero-order chi connectivity index (χ0) is 15.2. The number of hydrogen-bond acceptors (Lipinski definition) is 5. The fourth-order valence-electron chi connectivity index (χ4n) is 2.13. The van der Waals surface area contributed by atoms with Crippen LogP contribution in [-0.4, -0.2) is 25.2 Å². The number of nitrogens with zero attached hydrogens (tertiary/aromatic N) is 1. The number of hydrogen-bond donors (Lipinski definition) is 1. The molecule has 0 unspecified atom stereocenters. The molecule has 2 N–H and O–H groups in total. The Kier molecular flexibility index (Phi) is 4.90. The molecular formula is C16H18N2O3. The minimum Gasteiger partial charge on any atom is -0.496 e. The maximum Gasteiger partial charge on any atom is 0.309 e. The quantitative estimate of drug-likeness (QED) is 0.850. The molecule has 0 saturated carbocycles. The predicted octanol–water partition coefficient (Wildman–Crippen LogP) is 1.93. The van der Waals surface area contributed by atoms with Crippen molar-refractivity contribution in [1.82, 2.24) is 4.98 Å². The molecule has 0 aliphatic heterocycles. The van der Waals surface area contributed by atoms with E-state index in [0.717, 1.165) is 22.4 Å². The van der Waals surface area contributed by atoms with Crippen LogP contribution in [0.5, 0.6) is 5.75 Å². The summed E-state index contributed by atoms with van der Waals surface area (Å²) in [6.07, 6.45) is 1.92. The molecule has 0 atom stereocenters. The summed E-state index contributed by atoms with van der Waals surface area (Å²) in [5.74, 6) is 0.406. The topological polar surface area (TPSA) is 74.4 Å². The summed E-state index contributed by atoms with van der Waals surface area (Å²) in [6, 6.07) is 9.31. The number of rotatable bonds is 5. The van der Waals surface area contributed by atoms with E-state index in [1.807, 2.05) is 30.3 Å². The van der Waals surface area contributed by atoms with Gasteiger partial charge in [-0.1, -0.05) is 12.1 Å². The van der Waals surface area contributed by atoms with Gasteiger partial charge in [-0.25, -0.2) is 0 Å². The molecule has 1 heterocycles. The van der Waals surface area contributed by atoms with Gasteiger partial charge in [0.05, 0.1) is 26.3 Å². The van der Waals surface area contributed by atoms with Crippen LogP contribution in [0.2, 0.25) is 0 Å². The van der Waals surface area contributed by atoms with E-state index >= 15 is 0 Å². The normalized spacial score (nSPS) is 10.2. The third-order valence-corrected chi connectivity index (χ3v) is 3.21. The van der Waals surface area contributed by atoms with Gasteiger partial charge in [0.15, 0.2) is 0 Å². The van der Waals surface area contributed by atoms with Crippen molar-refractivity contribution in [1.29, 1.82) is 0 Å². The highest BCUT2D eigenvalue weighted by molar-refractivity contribution is 5.75. The molecule has 0 amide bonds. The van der Waals surface area contributed by atoms with Crippen molar-refractivity contribution in [3.63, 3.8) is 0 Å². The van der Waals surface area contributed by atoms with Crippen LogP contribution in [0.15, 0.2) is 36.5 Å². The van der Waals surface area contributed by atoms with Crippen LogP contribution >= 0.6 is 0 Å². The fourth-order valence-corrected chi connectivity index (χ4v) is 2.13. The SMILES string of the molecule is COC(=O)Cc1ccc(OC)c(-c2ncccc2CN)c1. The van der Waals surface area contributed by atoms with Crippen LogP contribution in [0, 0.1) is 0 Å². The van der Waals surface area contributed by atoms with E-state index in [2.05, 4.69) is 4.98 Å². The zero-order valence-electron chi connectivity index (χ0n) is 12.1. The second-order valence-corrected chi connectivity index (χ2v) is 4.50. The van der Waals surface area contributed by atoms with Crippen molar-refractivity contribution in [3.05, 3.63) is 47.7 Å². The summed E-state index contributed by atoms with van der Waals surface area (Å²) in [4.78, 5) is 15.8. The molecule has 5 heteroatoms. The predicted molar refractivity (Wildman–Crippen MR) is 79.8 cm³/mol. The highest BCUT2D eigenvalue weighted by Crippen LogP contribution is 2.31. The second-order valence-electron chi connectivity index (χ2n) is 4.50. The van der Waals surface area contributed by atoms with Crippen LogP contribution < -0.4 is 10.5 Å². The first-order valence-electron chi connectivity index (χ1n) is 6.57. The Hall–Kier alpha value is -2.40. The van der Waals surface area contributed by atoms with E-state index in [-0.39, 0.29) is 12.4 Å². The number of ether oxygens (including phenoxy) is 2. The monoisotopic (exact) mass is 286 g/mol. The molecule has 2 aromatic rings. The molecule has 5 nitrogen and oxygen atoms in total. The number of nitrogens with two attached hydrogens (primary N) is 1. The first-order valence-corrected chi connectivity index (χ1v) is 6.57. The zero-order valence-corrected chi connectivity index (χ0v) is 12.1. The van der Waals surface area contributed by atoms with Gasteiger partial charge in [-0.3, -0.25) is 9.78 Å². The van der Waals surface area contributed by atoms with Crippen molar-refractivity contribution in [2.24, 2.45) is 5.73 Å². The van der Waals surface area contributed by atoms with Gasteiger partial charge in [0.2, 0.25) is 0 Å². The Morgan fingerprint density at radius 2 is 2.10 bits per heavy atom. The van der Waals surface area contributed by atoms with Gasteiger partial charge in [0.1, 0.15) is 5.75 Å². The lowest BCUT2D eigenvalue weighted by molar-refractivity contribution is -0.139. The Balaban J connectivity index is 2.49. The molecule has 0 spiro atoms. The van der Waals surface area contributed by atoms with Crippen LogP contribution in [0.4, 0.5) is 0 Å². The first kappa shape index (κ1) is 15.0.